The van der Waals surface area contributed by atoms with Gasteiger partial charge in [0.25, 0.3) is 0 Å². The Morgan fingerprint density at radius 2 is 2.36 bits per heavy atom. The Hall–Kier alpha value is -0.900. The van der Waals surface area contributed by atoms with Gasteiger partial charge in [0.1, 0.15) is 5.69 Å². The highest BCUT2D eigenvalue weighted by Crippen LogP contribution is 2.36. The van der Waals surface area contributed by atoms with E-state index in [2.05, 4.69) is 15.8 Å². The van der Waals surface area contributed by atoms with Gasteiger partial charge in [0.15, 0.2) is 0 Å². The van der Waals surface area contributed by atoms with E-state index < -0.39 is 0 Å². The van der Waals surface area contributed by atoms with Crippen molar-refractivity contribution in [3.8, 4) is 5.88 Å². The van der Waals surface area contributed by atoms with Crippen molar-refractivity contribution in [2.24, 2.45) is 0 Å². The van der Waals surface area contributed by atoms with Crippen molar-refractivity contribution in [3.63, 3.8) is 0 Å². The van der Waals surface area contributed by atoms with Crippen molar-refractivity contribution in [1.29, 1.82) is 0 Å². The molecule has 1 aromatic heterocycles. The Labute approximate surface area is 88.4 Å². The highest BCUT2D eigenvalue weighted by Gasteiger charge is 2.22. The first-order chi connectivity index (χ1) is 6.79. The smallest absolute Gasteiger partial charge is 0.237 e. The summed E-state index contributed by atoms with van der Waals surface area (Å²) in [7, 11) is 1.64. The van der Waals surface area contributed by atoms with Gasteiger partial charge >= 0.3 is 0 Å². The van der Waals surface area contributed by atoms with Crippen LogP contribution in [0.15, 0.2) is 12.3 Å². The fourth-order valence-corrected chi connectivity index (χ4v) is 1.94. The summed E-state index contributed by atoms with van der Waals surface area (Å²) in [6, 6.07) is 2.06. The van der Waals surface area contributed by atoms with Gasteiger partial charge in [-0.25, -0.2) is 4.98 Å². The van der Waals surface area contributed by atoms with E-state index in [1.54, 1.807) is 19.1 Å². The molecule has 1 aliphatic carbocycles. The zero-order valence-corrected chi connectivity index (χ0v) is 9.23. The standard InChI is InChI=1S/C10H14N2OS/c1-7-5-9(10(13-2)11-6-7)12-14-8-3-4-8/h5-6,8,12H,3-4H2,1-2H3. The molecule has 4 heteroatoms. The average Bonchev–Trinajstić information content (AvgIpc) is 2.98. The van der Waals surface area contributed by atoms with Crippen LogP contribution >= 0.6 is 11.9 Å². The molecule has 2 rings (SSSR count). The number of nitrogens with one attached hydrogen (secondary N) is 1. The summed E-state index contributed by atoms with van der Waals surface area (Å²) >= 11 is 1.76. The van der Waals surface area contributed by atoms with Gasteiger partial charge < -0.3 is 9.46 Å². The third kappa shape index (κ3) is 2.32. The minimum atomic E-state index is 0.670. The lowest BCUT2D eigenvalue weighted by molar-refractivity contribution is 0.400. The van der Waals surface area contributed by atoms with Crippen LogP contribution in [0.3, 0.4) is 0 Å². The number of rotatable bonds is 4. The molecule has 0 bridgehead atoms. The van der Waals surface area contributed by atoms with Crippen LogP contribution < -0.4 is 9.46 Å². The molecule has 0 aliphatic heterocycles. The van der Waals surface area contributed by atoms with Crippen molar-refractivity contribution in [2.45, 2.75) is 25.0 Å². The molecule has 14 heavy (non-hydrogen) atoms. The first-order valence-electron chi connectivity index (χ1n) is 4.72. The molecule has 0 amide bonds. The number of methoxy groups -OCH3 is 1. The largest absolute Gasteiger partial charge is 0.480 e. The SMILES string of the molecule is COc1ncc(C)cc1NSC1CC1. The van der Waals surface area contributed by atoms with E-state index in [0.29, 0.717) is 5.88 Å². The van der Waals surface area contributed by atoms with Crippen molar-refractivity contribution >= 4 is 17.6 Å². The molecule has 1 saturated carbocycles. The summed E-state index contributed by atoms with van der Waals surface area (Å²) in [4.78, 5) is 4.20. The van der Waals surface area contributed by atoms with Gasteiger partial charge in [-0.05, 0) is 43.3 Å². The lowest BCUT2D eigenvalue weighted by Crippen LogP contribution is -1.96. The van der Waals surface area contributed by atoms with Crippen LogP contribution in [0.4, 0.5) is 5.69 Å². The summed E-state index contributed by atoms with van der Waals surface area (Å²) in [5, 5.41) is 0.778. The molecule has 1 fully saturated rings. The fraction of sp³-hybridized carbons (Fsp3) is 0.500. The highest BCUT2D eigenvalue weighted by atomic mass is 32.2. The first kappa shape index (κ1) is 9.65. The molecule has 76 valence electrons. The Morgan fingerprint density at radius 3 is 3.00 bits per heavy atom. The van der Waals surface area contributed by atoms with Crippen LogP contribution in [0, 0.1) is 6.92 Å². The predicted molar refractivity (Wildman–Crippen MR) is 59.8 cm³/mol. The van der Waals surface area contributed by atoms with E-state index in [1.807, 2.05) is 13.1 Å². The monoisotopic (exact) mass is 210 g/mol. The third-order valence-corrected chi connectivity index (χ3v) is 3.18. The molecule has 1 aliphatic rings. The zero-order valence-electron chi connectivity index (χ0n) is 8.41. The number of hydrogen-bond acceptors (Lipinski definition) is 4. The first-order valence-corrected chi connectivity index (χ1v) is 5.60. The predicted octanol–water partition coefficient (Wildman–Crippen LogP) is 2.62. The molecule has 0 radical (unpaired) electrons. The van der Waals surface area contributed by atoms with Gasteiger partial charge in [-0.3, -0.25) is 0 Å². The number of aromatic nitrogens is 1. The second-order valence-corrected chi connectivity index (χ2v) is 4.60. The molecule has 0 spiro atoms. The van der Waals surface area contributed by atoms with E-state index in [-0.39, 0.29) is 0 Å². The lowest BCUT2D eigenvalue weighted by Gasteiger charge is -2.09. The summed E-state index contributed by atoms with van der Waals surface area (Å²) in [6.45, 7) is 2.03. The van der Waals surface area contributed by atoms with Gasteiger partial charge in [0.05, 0.1) is 7.11 Å². The van der Waals surface area contributed by atoms with Crippen LogP contribution in [0.1, 0.15) is 18.4 Å². The molecule has 0 unspecified atom stereocenters. The van der Waals surface area contributed by atoms with Crippen molar-refractivity contribution < 1.29 is 4.74 Å². The Balaban J connectivity index is 2.07. The maximum atomic E-state index is 5.17. The summed E-state index contributed by atoms with van der Waals surface area (Å²) in [5.74, 6) is 0.670. The Morgan fingerprint density at radius 1 is 1.57 bits per heavy atom. The van der Waals surface area contributed by atoms with Gasteiger partial charge in [0.2, 0.25) is 5.88 Å². The maximum Gasteiger partial charge on any atom is 0.237 e. The second-order valence-electron chi connectivity index (χ2n) is 3.49. The van der Waals surface area contributed by atoms with Gasteiger partial charge in [-0.1, -0.05) is 0 Å². The number of hydrogen-bond donors (Lipinski definition) is 1. The molecule has 1 N–H and O–H groups in total. The molecule has 1 aromatic rings. The molecule has 0 atom stereocenters. The topological polar surface area (TPSA) is 34.1 Å². The third-order valence-electron chi connectivity index (χ3n) is 2.04. The fourth-order valence-electron chi connectivity index (χ4n) is 1.13. The van der Waals surface area contributed by atoms with Crippen molar-refractivity contribution in [1.82, 2.24) is 4.98 Å². The van der Waals surface area contributed by atoms with Crippen LogP contribution in [-0.4, -0.2) is 17.3 Å². The maximum absolute atomic E-state index is 5.17. The van der Waals surface area contributed by atoms with Gasteiger partial charge in [-0.15, -0.1) is 0 Å². The number of nitrogens with zero attached hydrogens (tertiary/aromatic N) is 1. The van der Waals surface area contributed by atoms with E-state index in [0.717, 1.165) is 16.5 Å². The average molecular weight is 210 g/mol. The number of anilines is 1. The van der Waals surface area contributed by atoms with Gasteiger partial charge in [-0.2, -0.15) is 0 Å². The molecule has 0 saturated heterocycles. The lowest BCUT2D eigenvalue weighted by atomic mass is 10.3. The van der Waals surface area contributed by atoms with Gasteiger partial charge in [0, 0.05) is 11.4 Å². The van der Waals surface area contributed by atoms with Crippen LogP contribution in [0.5, 0.6) is 5.88 Å². The quantitative estimate of drug-likeness (QED) is 0.775. The molecule has 3 nitrogen and oxygen atoms in total. The van der Waals surface area contributed by atoms with E-state index in [4.69, 9.17) is 4.74 Å². The van der Waals surface area contributed by atoms with E-state index >= 15 is 0 Å². The summed E-state index contributed by atoms with van der Waals surface area (Å²) in [5.41, 5.74) is 2.12. The number of aryl methyl sites for hydroxylation is 1. The molecule has 0 aromatic carbocycles. The van der Waals surface area contributed by atoms with Crippen LogP contribution in [0.25, 0.3) is 0 Å². The summed E-state index contributed by atoms with van der Waals surface area (Å²) < 4.78 is 8.46. The second kappa shape index (κ2) is 4.09. The van der Waals surface area contributed by atoms with Crippen LogP contribution in [-0.2, 0) is 0 Å². The normalized spacial score (nSPS) is 15.3. The molecular formula is C10H14N2OS. The van der Waals surface area contributed by atoms with Crippen LogP contribution in [0.2, 0.25) is 0 Å². The Kier molecular flexibility index (Phi) is 2.82. The zero-order chi connectivity index (χ0) is 9.97. The highest BCUT2D eigenvalue weighted by molar-refractivity contribution is 8.01. The number of ether oxygens (including phenoxy) is 1. The Bertz CT molecular complexity index is 326. The molecule has 1 heterocycles. The summed E-state index contributed by atoms with van der Waals surface area (Å²) in [6.07, 6.45) is 4.45. The minimum absolute atomic E-state index is 0.670. The number of pyridine rings is 1. The van der Waals surface area contributed by atoms with Crippen molar-refractivity contribution in [3.05, 3.63) is 17.8 Å². The van der Waals surface area contributed by atoms with E-state index in [9.17, 15) is 0 Å². The van der Waals surface area contributed by atoms with E-state index in [1.165, 1.54) is 12.8 Å². The van der Waals surface area contributed by atoms with Crippen molar-refractivity contribution in [2.75, 3.05) is 11.8 Å². The molecular weight excluding hydrogens is 196 g/mol. The minimum Gasteiger partial charge on any atom is -0.480 e.